The highest BCUT2D eigenvalue weighted by molar-refractivity contribution is 5.94. The Morgan fingerprint density at radius 2 is 2.29 bits per heavy atom. The SMILES string of the molecule is CCCOc1cccc(C(=O)NCC2CCC(C)NC2)c1. The van der Waals surface area contributed by atoms with Crippen molar-refractivity contribution in [3.05, 3.63) is 29.8 Å². The van der Waals surface area contributed by atoms with Gasteiger partial charge >= 0.3 is 0 Å². The van der Waals surface area contributed by atoms with Crippen molar-refractivity contribution >= 4 is 5.91 Å². The van der Waals surface area contributed by atoms with Crippen molar-refractivity contribution in [1.29, 1.82) is 0 Å². The van der Waals surface area contributed by atoms with Gasteiger partial charge in [-0.3, -0.25) is 4.79 Å². The van der Waals surface area contributed by atoms with E-state index in [9.17, 15) is 4.79 Å². The van der Waals surface area contributed by atoms with Crippen LogP contribution in [-0.2, 0) is 0 Å². The molecule has 4 nitrogen and oxygen atoms in total. The van der Waals surface area contributed by atoms with E-state index in [4.69, 9.17) is 4.74 Å². The summed E-state index contributed by atoms with van der Waals surface area (Å²) in [4.78, 5) is 12.2. The van der Waals surface area contributed by atoms with Crippen molar-refractivity contribution < 1.29 is 9.53 Å². The van der Waals surface area contributed by atoms with Gasteiger partial charge in [0.2, 0.25) is 0 Å². The number of carbonyl (C=O) groups excluding carboxylic acids is 1. The Morgan fingerprint density at radius 3 is 3.00 bits per heavy atom. The third-order valence-corrected chi connectivity index (χ3v) is 3.88. The van der Waals surface area contributed by atoms with Gasteiger partial charge in [-0.25, -0.2) is 0 Å². The molecule has 2 N–H and O–H groups in total. The second-order valence-corrected chi connectivity index (χ2v) is 5.84. The van der Waals surface area contributed by atoms with Crippen LogP contribution < -0.4 is 15.4 Å². The molecule has 1 amide bonds. The maximum Gasteiger partial charge on any atom is 0.251 e. The second-order valence-electron chi connectivity index (χ2n) is 5.84. The summed E-state index contributed by atoms with van der Waals surface area (Å²) in [5.74, 6) is 1.28. The van der Waals surface area contributed by atoms with Gasteiger partial charge in [0.05, 0.1) is 6.61 Å². The van der Waals surface area contributed by atoms with Crippen molar-refractivity contribution in [2.24, 2.45) is 5.92 Å². The zero-order valence-corrected chi connectivity index (χ0v) is 13.0. The number of nitrogens with one attached hydrogen (secondary N) is 2. The Bertz CT molecular complexity index is 454. The Balaban J connectivity index is 1.82. The third-order valence-electron chi connectivity index (χ3n) is 3.88. The predicted octanol–water partition coefficient (Wildman–Crippen LogP) is 2.59. The number of amides is 1. The number of hydrogen-bond donors (Lipinski definition) is 2. The number of piperidine rings is 1. The fourth-order valence-electron chi connectivity index (χ4n) is 2.52. The van der Waals surface area contributed by atoms with Crippen molar-refractivity contribution in [2.75, 3.05) is 19.7 Å². The number of benzene rings is 1. The minimum absolute atomic E-state index is 0.0180. The number of ether oxygens (including phenoxy) is 1. The van der Waals surface area contributed by atoms with E-state index in [1.807, 2.05) is 24.3 Å². The second kappa shape index (κ2) is 8.03. The molecule has 1 fully saturated rings. The van der Waals surface area contributed by atoms with Crippen LogP contribution in [0.25, 0.3) is 0 Å². The molecular formula is C17H26N2O2. The van der Waals surface area contributed by atoms with Gasteiger partial charge in [0.1, 0.15) is 5.75 Å². The monoisotopic (exact) mass is 290 g/mol. The first kappa shape index (κ1) is 15.8. The summed E-state index contributed by atoms with van der Waals surface area (Å²) >= 11 is 0. The van der Waals surface area contributed by atoms with E-state index in [1.54, 1.807) is 0 Å². The highest BCUT2D eigenvalue weighted by atomic mass is 16.5. The first-order valence-electron chi connectivity index (χ1n) is 7.93. The molecule has 1 heterocycles. The molecule has 4 heteroatoms. The molecule has 1 saturated heterocycles. The summed E-state index contributed by atoms with van der Waals surface area (Å²) in [6.07, 6.45) is 3.32. The highest BCUT2D eigenvalue weighted by Gasteiger charge is 2.18. The van der Waals surface area contributed by atoms with E-state index >= 15 is 0 Å². The highest BCUT2D eigenvalue weighted by Crippen LogP contribution is 2.15. The molecule has 1 aliphatic rings. The molecule has 0 bridgehead atoms. The molecule has 2 atom stereocenters. The Labute approximate surface area is 127 Å². The summed E-state index contributed by atoms with van der Waals surface area (Å²) in [6.45, 7) is 6.67. The molecular weight excluding hydrogens is 264 g/mol. The summed E-state index contributed by atoms with van der Waals surface area (Å²) in [5.41, 5.74) is 0.667. The summed E-state index contributed by atoms with van der Waals surface area (Å²) in [6, 6.07) is 7.99. The minimum Gasteiger partial charge on any atom is -0.494 e. The van der Waals surface area contributed by atoms with Gasteiger partial charge in [0, 0.05) is 18.2 Å². The van der Waals surface area contributed by atoms with Gasteiger partial charge in [-0.05, 0) is 56.8 Å². The van der Waals surface area contributed by atoms with Gasteiger partial charge in [0.15, 0.2) is 0 Å². The van der Waals surface area contributed by atoms with Crippen LogP contribution in [0.1, 0.15) is 43.5 Å². The maximum absolute atomic E-state index is 12.2. The largest absolute Gasteiger partial charge is 0.494 e. The summed E-state index contributed by atoms with van der Waals surface area (Å²) in [7, 11) is 0. The van der Waals surface area contributed by atoms with Crippen LogP contribution in [0.5, 0.6) is 5.75 Å². The van der Waals surface area contributed by atoms with Crippen LogP contribution in [0.3, 0.4) is 0 Å². The van der Waals surface area contributed by atoms with Gasteiger partial charge in [-0.1, -0.05) is 13.0 Å². The maximum atomic E-state index is 12.2. The lowest BCUT2D eigenvalue weighted by Gasteiger charge is -2.27. The van der Waals surface area contributed by atoms with Crippen LogP contribution >= 0.6 is 0 Å². The number of hydrogen-bond acceptors (Lipinski definition) is 3. The normalized spacial score (nSPS) is 21.8. The molecule has 2 unspecified atom stereocenters. The molecule has 1 aromatic rings. The average molecular weight is 290 g/mol. The lowest BCUT2D eigenvalue weighted by molar-refractivity contribution is 0.0943. The minimum atomic E-state index is -0.0180. The topological polar surface area (TPSA) is 50.4 Å². The lowest BCUT2D eigenvalue weighted by atomic mass is 9.95. The molecule has 1 aromatic carbocycles. The van der Waals surface area contributed by atoms with E-state index in [-0.39, 0.29) is 5.91 Å². The standard InChI is InChI=1S/C17H26N2O2/c1-3-9-21-16-6-4-5-15(10-16)17(20)19-12-14-8-7-13(2)18-11-14/h4-6,10,13-14,18H,3,7-9,11-12H2,1-2H3,(H,19,20). The summed E-state index contributed by atoms with van der Waals surface area (Å²) < 4.78 is 5.56. The first-order chi connectivity index (χ1) is 10.2. The fraction of sp³-hybridized carbons (Fsp3) is 0.588. The summed E-state index contributed by atoms with van der Waals surface area (Å²) in [5, 5.41) is 6.49. The molecule has 0 radical (unpaired) electrons. The van der Waals surface area contributed by atoms with Gasteiger partial charge in [-0.15, -0.1) is 0 Å². The van der Waals surface area contributed by atoms with Crippen molar-refractivity contribution in [3.63, 3.8) is 0 Å². The van der Waals surface area contributed by atoms with Crippen molar-refractivity contribution in [2.45, 2.75) is 39.2 Å². The predicted molar refractivity (Wildman–Crippen MR) is 84.7 cm³/mol. The smallest absolute Gasteiger partial charge is 0.251 e. The molecule has 116 valence electrons. The van der Waals surface area contributed by atoms with E-state index in [0.717, 1.165) is 25.3 Å². The van der Waals surface area contributed by atoms with E-state index in [1.165, 1.54) is 12.8 Å². The number of rotatable bonds is 6. The number of carbonyl (C=O) groups is 1. The Hall–Kier alpha value is -1.55. The quantitative estimate of drug-likeness (QED) is 0.846. The third kappa shape index (κ3) is 5.05. The molecule has 2 rings (SSSR count). The first-order valence-corrected chi connectivity index (χ1v) is 7.93. The van der Waals surface area contributed by atoms with Crippen LogP contribution in [0.15, 0.2) is 24.3 Å². The molecule has 0 saturated carbocycles. The van der Waals surface area contributed by atoms with Crippen LogP contribution in [0.4, 0.5) is 0 Å². The Kier molecular flexibility index (Phi) is 6.05. The van der Waals surface area contributed by atoms with E-state index < -0.39 is 0 Å². The van der Waals surface area contributed by atoms with Gasteiger partial charge in [-0.2, -0.15) is 0 Å². The van der Waals surface area contributed by atoms with Gasteiger partial charge in [0.25, 0.3) is 5.91 Å². The van der Waals surface area contributed by atoms with Crippen molar-refractivity contribution in [3.8, 4) is 5.75 Å². The van der Waals surface area contributed by atoms with Gasteiger partial charge < -0.3 is 15.4 Å². The van der Waals surface area contributed by atoms with Crippen molar-refractivity contribution in [1.82, 2.24) is 10.6 Å². The molecule has 21 heavy (non-hydrogen) atoms. The molecule has 0 aromatic heterocycles. The lowest BCUT2D eigenvalue weighted by Crippen LogP contribution is -2.41. The Morgan fingerprint density at radius 1 is 1.43 bits per heavy atom. The fourth-order valence-corrected chi connectivity index (χ4v) is 2.52. The zero-order valence-electron chi connectivity index (χ0n) is 13.0. The zero-order chi connectivity index (χ0) is 15.1. The van der Waals surface area contributed by atoms with Crippen LogP contribution in [-0.4, -0.2) is 31.6 Å². The average Bonchev–Trinajstić information content (AvgIpc) is 2.52. The molecule has 0 spiro atoms. The molecule has 1 aliphatic heterocycles. The van der Waals surface area contributed by atoms with Crippen LogP contribution in [0.2, 0.25) is 0 Å². The van der Waals surface area contributed by atoms with E-state index in [0.29, 0.717) is 24.1 Å². The van der Waals surface area contributed by atoms with Crippen LogP contribution in [0, 0.1) is 5.92 Å². The molecule has 0 aliphatic carbocycles. The van der Waals surface area contributed by atoms with E-state index in [2.05, 4.69) is 24.5 Å².